The first-order valence-electron chi connectivity index (χ1n) is 13.3. The molecule has 0 aliphatic carbocycles. The molecule has 0 aliphatic heterocycles. The van der Waals surface area contributed by atoms with Crippen LogP contribution in [0.4, 0.5) is 0 Å². The predicted octanol–water partition coefficient (Wildman–Crippen LogP) is 10.4. The van der Waals surface area contributed by atoms with Crippen LogP contribution in [0.3, 0.4) is 0 Å². The van der Waals surface area contributed by atoms with E-state index in [1.807, 2.05) is 18.2 Å². The first-order valence-corrected chi connectivity index (χ1v) is 13.3. The first kappa shape index (κ1) is 33.1. The van der Waals surface area contributed by atoms with Crippen LogP contribution in [0.1, 0.15) is 97.8 Å². The summed E-state index contributed by atoms with van der Waals surface area (Å²) < 4.78 is 0. The van der Waals surface area contributed by atoms with Gasteiger partial charge < -0.3 is 4.98 Å². The van der Waals surface area contributed by atoms with Crippen LogP contribution in [0.15, 0.2) is 73.0 Å². The van der Waals surface area contributed by atoms with Crippen LogP contribution in [0.2, 0.25) is 0 Å². The SMILES string of the molecule is C.C=C(C)C(CCC)CCC.CCCc1c[nH]c2ccccc12.CCc1ccc(/C=C/C(C)=O)cc1. The molecular weight excluding hydrogens is 438 g/mol. The van der Waals surface area contributed by atoms with Gasteiger partial charge in [-0.2, -0.15) is 0 Å². The molecule has 0 bridgehead atoms. The summed E-state index contributed by atoms with van der Waals surface area (Å²) in [5, 5.41) is 1.37. The minimum Gasteiger partial charge on any atom is -0.361 e. The number of fused-ring (bicyclic) bond motifs is 1. The maximum Gasteiger partial charge on any atom is 0.152 e. The number of benzene rings is 2. The maximum absolute atomic E-state index is 10.7. The van der Waals surface area contributed by atoms with Crippen molar-refractivity contribution in [2.24, 2.45) is 5.92 Å². The number of aromatic amines is 1. The van der Waals surface area contributed by atoms with E-state index in [-0.39, 0.29) is 13.2 Å². The van der Waals surface area contributed by atoms with Gasteiger partial charge >= 0.3 is 0 Å². The molecule has 0 atom stereocenters. The smallest absolute Gasteiger partial charge is 0.152 e. The number of allylic oxidation sites excluding steroid dienone is 2. The monoisotopic (exact) mass is 489 g/mol. The molecule has 0 fully saturated rings. The zero-order valence-electron chi connectivity index (χ0n) is 23.0. The van der Waals surface area contributed by atoms with E-state index in [0.717, 1.165) is 17.9 Å². The van der Waals surface area contributed by atoms with Crippen molar-refractivity contribution < 1.29 is 4.79 Å². The largest absolute Gasteiger partial charge is 0.361 e. The Morgan fingerprint density at radius 1 is 0.917 bits per heavy atom. The van der Waals surface area contributed by atoms with Gasteiger partial charge in [0.1, 0.15) is 0 Å². The van der Waals surface area contributed by atoms with Crippen molar-refractivity contribution in [1.82, 2.24) is 4.98 Å². The fourth-order valence-electron chi connectivity index (χ4n) is 4.02. The van der Waals surface area contributed by atoms with Gasteiger partial charge in [-0.25, -0.2) is 0 Å². The van der Waals surface area contributed by atoms with E-state index in [1.165, 1.54) is 66.1 Å². The third-order valence-electron chi connectivity index (χ3n) is 6.06. The molecule has 0 spiro atoms. The Hall–Kier alpha value is -2.87. The molecule has 0 aliphatic rings. The first-order chi connectivity index (χ1) is 16.9. The average Bonchev–Trinajstić information content (AvgIpc) is 3.27. The number of carbonyl (C=O) groups excluding carboxylic acids is 1. The van der Waals surface area contributed by atoms with Crippen LogP contribution in [0.25, 0.3) is 17.0 Å². The third-order valence-corrected chi connectivity index (χ3v) is 6.06. The summed E-state index contributed by atoms with van der Waals surface area (Å²) in [6.07, 6.45) is 14.2. The van der Waals surface area contributed by atoms with Gasteiger partial charge in [0.25, 0.3) is 0 Å². The van der Waals surface area contributed by atoms with Crippen molar-refractivity contribution in [2.75, 3.05) is 0 Å². The number of H-pyrrole nitrogens is 1. The molecule has 2 aromatic carbocycles. The lowest BCUT2D eigenvalue weighted by Gasteiger charge is -2.14. The van der Waals surface area contributed by atoms with Gasteiger partial charge in [-0.1, -0.05) is 115 Å². The summed E-state index contributed by atoms with van der Waals surface area (Å²) >= 11 is 0. The molecular formula is C34H51NO. The molecule has 36 heavy (non-hydrogen) atoms. The average molecular weight is 490 g/mol. The Bertz CT molecular complexity index is 1020. The Kier molecular flexibility index (Phi) is 17.8. The number of rotatable bonds is 10. The summed E-state index contributed by atoms with van der Waals surface area (Å²) in [5.41, 5.74) is 6.45. The predicted molar refractivity (Wildman–Crippen MR) is 163 cm³/mol. The minimum absolute atomic E-state index is 0. The number of para-hydroxylation sites is 1. The molecule has 0 amide bonds. The molecule has 198 valence electrons. The Balaban J connectivity index is 0.000000509. The van der Waals surface area contributed by atoms with Gasteiger partial charge in [0, 0.05) is 17.1 Å². The lowest BCUT2D eigenvalue weighted by Crippen LogP contribution is -1.99. The fourth-order valence-corrected chi connectivity index (χ4v) is 4.02. The normalized spacial score (nSPS) is 10.3. The lowest BCUT2D eigenvalue weighted by molar-refractivity contribution is -0.112. The van der Waals surface area contributed by atoms with Crippen LogP contribution in [0.5, 0.6) is 0 Å². The van der Waals surface area contributed by atoms with Crippen molar-refractivity contribution in [2.45, 2.75) is 93.9 Å². The van der Waals surface area contributed by atoms with Crippen molar-refractivity contribution in [1.29, 1.82) is 0 Å². The zero-order valence-corrected chi connectivity index (χ0v) is 23.0. The van der Waals surface area contributed by atoms with E-state index in [1.54, 1.807) is 13.0 Å². The van der Waals surface area contributed by atoms with E-state index in [9.17, 15) is 4.79 Å². The van der Waals surface area contributed by atoms with E-state index in [0.29, 0.717) is 0 Å². The van der Waals surface area contributed by atoms with Gasteiger partial charge in [0.15, 0.2) is 5.78 Å². The zero-order chi connectivity index (χ0) is 26.1. The van der Waals surface area contributed by atoms with Crippen LogP contribution < -0.4 is 0 Å². The molecule has 2 nitrogen and oxygen atoms in total. The van der Waals surface area contributed by atoms with Crippen LogP contribution in [-0.4, -0.2) is 10.8 Å². The van der Waals surface area contributed by atoms with Crippen LogP contribution >= 0.6 is 0 Å². The van der Waals surface area contributed by atoms with Crippen molar-refractivity contribution >= 4 is 22.8 Å². The Morgan fingerprint density at radius 2 is 1.53 bits per heavy atom. The van der Waals surface area contributed by atoms with E-state index in [2.05, 4.69) is 88.8 Å². The van der Waals surface area contributed by atoms with E-state index >= 15 is 0 Å². The molecule has 2 heteroatoms. The van der Waals surface area contributed by atoms with Gasteiger partial charge in [0.05, 0.1) is 0 Å². The van der Waals surface area contributed by atoms with Crippen molar-refractivity contribution in [3.05, 3.63) is 89.6 Å². The molecule has 1 aromatic heterocycles. The Morgan fingerprint density at radius 3 is 2.03 bits per heavy atom. The van der Waals surface area contributed by atoms with Gasteiger partial charge in [0.2, 0.25) is 0 Å². The van der Waals surface area contributed by atoms with Gasteiger partial charge in [-0.15, -0.1) is 0 Å². The van der Waals surface area contributed by atoms with Crippen LogP contribution in [-0.2, 0) is 17.6 Å². The van der Waals surface area contributed by atoms with Crippen molar-refractivity contribution in [3.8, 4) is 0 Å². The number of aromatic nitrogens is 1. The van der Waals surface area contributed by atoms with Crippen molar-refractivity contribution in [3.63, 3.8) is 0 Å². The van der Waals surface area contributed by atoms with Gasteiger partial charge in [-0.3, -0.25) is 4.79 Å². The van der Waals surface area contributed by atoms with E-state index < -0.39 is 0 Å². The maximum atomic E-state index is 10.7. The standard InChI is InChI=1S/C12H14O.C11H13N.C10H20.CH4/c1-3-11-6-8-12(9-7-11)5-4-10(2)13;1-2-5-9-8-12-11-7-4-3-6-10(9)11;1-5-7-10(8-6-2)9(3)4;/h4-9H,3H2,1-2H3;3-4,6-8,12H,2,5H2,1H3;10H,3,5-8H2,1-2,4H3;1H4/b5-4+;;;. The van der Waals surface area contributed by atoms with Gasteiger partial charge in [-0.05, 0) is 74.3 Å². The highest BCUT2D eigenvalue weighted by Crippen LogP contribution is 2.20. The fraction of sp³-hybridized carbons (Fsp3) is 0.441. The quantitative estimate of drug-likeness (QED) is 0.223. The summed E-state index contributed by atoms with van der Waals surface area (Å²) in [4.78, 5) is 13.9. The minimum atomic E-state index is 0. The Labute approximate surface area is 221 Å². The lowest BCUT2D eigenvalue weighted by atomic mass is 9.92. The molecule has 0 saturated heterocycles. The molecule has 1 N–H and O–H groups in total. The highest BCUT2D eigenvalue weighted by molar-refractivity contribution is 5.91. The number of aryl methyl sites for hydroxylation is 2. The van der Waals surface area contributed by atoms with Crippen LogP contribution in [0, 0.1) is 5.92 Å². The molecule has 0 radical (unpaired) electrons. The summed E-state index contributed by atoms with van der Waals surface area (Å²) in [6, 6.07) is 16.7. The molecule has 3 aromatic rings. The second kappa shape index (κ2) is 19.3. The topological polar surface area (TPSA) is 32.9 Å². The highest BCUT2D eigenvalue weighted by Gasteiger charge is 2.05. The molecule has 0 saturated carbocycles. The number of carbonyl (C=O) groups is 1. The third kappa shape index (κ3) is 12.7. The number of hydrogen-bond donors (Lipinski definition) is 1. The number of ketones is 1. The summed E-state index contributed by atoms with van der Waals surface area (Å²) in [6.45, 7) is 16.5. The molecule has 1 heterocycles. The summed E-state index contributed by atoms with van der Waals surface area (Å²) in [7, 11) is 0. The number of nitrogens with one attached hydrogen (secondary N) is 1. The second-order valence-electron chi connectivity index (χ2n) is 9.27. The van der Waals surface area contributed by atoms with E-state index in [4.69, 9.17) is 0 Å². The molecule has 3 rings (SSSR count). The second-order valence-corrected chi connectivity index (χ2v) is 9.27. The molecule has 0 unspecified atom stereocenters. The highest BCUT2D eigenvalue weighted by atomic mass is 16.1. The summed E-state index contributed by atoms with van der Waals surface area (Å²) in [5.74, 6) is 0.870. The number of hydrogen-bond acceptors (Lipinski definition) is 1.